The van der Waals surface area contributed by atoms with E-state index in [1.807, 2.05) is 19.1 Å². The highest BCUT2D eigenvalue weighted by Gasteiger charge is 2.10. The van der Waals surface area contributed by atoms with Gasteiger partial charge in [-0.05, 0) is 43.3 Å². The van der Waals surface area contributed by atoms with Gasteiger partial charge >= 0.3 is 0 Å². The van der Waals surface area contributed by atoms with Gasteiger partial charge in [0.1, 0.15) is 5.75 Å². The van der Waals surface area contributed by atoms with Crippen LogP contribution in [0.15, 0.2) is 53.4 Å². The van der Waals surface area contributed by atoms with Crippen molar-refractivity contribution in [1.29, 1.82) is 0 Å². The Morgan fingerprint density at radius 2 is 1.70 bits per heavy atom. The van der Waals surface area contributed by atoms with Crippen LogP contribution in [0.5, 0.6) is 0 Å². The van der Waals surface area contributed by atoms with E-state index in [4.69, 9.17) is 5.73 Å². The minimum absolute atomic E-state index is 0.0621. The fraction of sp³-hybridized carbons (Fsp3) is 0.133. The maximum Gasteiger partial charge on any atom is 0.237 e. The van der Waals surface area contributed by atoms with E-state index in [1.54, 1.807) is 36.4 Å². The van der Waals surface area contributed by atoms with Crippen molar-refractivity contribution in [2.45, 2.75) is 11.8 Å². The van der Waals surface area contributed by atoms with Crippen molar-refractivity contribution in [3.8, 4) is 0 Å². The number of nitrogens with one attached hydrogen (secondary N) is 1. The number of nitrogen functional groups attached to an aromatic ring is 1. The molecule has 1 unspecified atom stereocenters. The van der Waals surface area contributed by atoms with E-state index in [1.165, 1.54) is 0 Å². The van der Waals surface area contributed by atoms with Crippen LogP contribution in [0.4, 0.5) is 11.4 Å². The van der Waals surface area contributed by atoms with Gasteiger partial charge in [-0.2, -0.15) is 0 Å². The van der Waals surface area contributed by atoms with Crippen LogP contribution in [-0.2, 0) is 15.6 Å². The lowest BCUT2D eigenvalue weighted by Gasteiger charge is -2.06. The molecule has 0 saturated carbocycles. The molecule has 0 aliphatic carbocycles. The van der Waals surface area contributed by atoms with Gasteiger partial charge in [0.2, 0.25) is 5.91 Å². The molecule has 20 heavy (non-hydrogen) atoms. The number of carbonyl (C=O) groups excluding carboxylic acids is 1. The van der Waals surface area contributed by atoms with Gasteiger partial charge in [-0.3, -0.25) is 9.00 Å². The Morgan fingerprint density at radius 1 is 1.10 bits per heavy atom. The van der Waals surface area contributed by atoms with Crippen molar-refractivity contribution in [2.75, 3.05) is 16.8 Å². The van der Waals surface area contributed by atoms with Crippen molar-refractivity contribution in [1.82, 2.24) is 0 Å². The van der Waals surface area contributed by atoms with Gasteiger partial charge in [0.25, 0.3) is 0 Å². The summed E-state index contributed by atoms with van der Waals surface area (Å²) in [7, 11) is -1.34. The molecule has 0 saturated heterocycles. The summed E-state index contributed by atoms with van der Waals surface area (Å²) in [5.74, 6) is -0.346. The Kier molecular flexibility index (Phi) is 4.53. The third-order valence-corrected chi connectivity index (χ3v) is 4.06. The minimum atomic E-state index is -1.34. The lowest BCUT2D eigenvalue weighted by molar-refractivity contribution is -0.113. The van der Waals surface area contributed by atoms with Crippen molar-refractivity contribution in [3.63, 3.8) is 0 Å². The van der Waals surface area contributed by atoms with E-state index >= 15 is 0 Å². The number of benzene rings is 2. The summed E-state index contributed by atoms with van der Waals surface area (Å²) in [6.45, 7) is 1.96. The third-order valence-electron chi connectivity index (χ3n) is 2.74. The molecule has 1 amide bonds. The topological polar surface area (TPSA) is 72.2 Å². The summed E-state index contributed by atoms with van der Waals surface area (Å²) < 4.78 is 12.0. The lowest BCUT2D eigenvalue weighted by Crippen LogP contribution is -2.19. The first-order valence-corrected chi connectivity index (χ1v) is 7.47. The quantitative estimate of drug-likeness (QED) is 0.848. The van der Waals surface area contributed by atoms with E-state index in [-0.39, 0.29) is 11.7 Å². The van der Waals surface area contributed by atoms with Gasteiger partial charge in [-0.25, -0.2) is 0 Å². The Hall–Kier alpha value is -2.14. The highest BCUT2D eigenvalue weighted by atomic mass is 32.2. The standard InChI is InChI=1S/C15H16N2O2S/c1-11-2-8-14(9-3-11)20(19)10-15(18)17-13-6-4-12(16)5-7-13/h2-9H,10,16H2,1H3,(H,17,18). The smallest absolute Gasteiger partial charge is 0.237 e. The van der Waals surface area contributed by atoms with Crippen molar-refractivity contribution in [2.24, 2.45) is 0 Å². The van der Waals surface area contributed by atoms with Crippen LogP contribution in [-0.4, -0.2) is 15.9 Å². The Morgan fingerprint density at radius 3 is 2.30 bits per heavy atom. The molecule has 0 aliphatic heterocycles. The molecule has 104 valence electrons. The number of anilines is 2. The molecule has 0 bridgehead atoms. The highest BCUT2D eigenvalue weighted by Crippen LogP contribution is 2.12. The monoisotopic (exact) mass is 288 g/mol. The zero-order chi connectivity index (χ0) is 14.5. The average Bonchev–Trinajstić information content (AvgIpc) is 2.42. The number of hydrogen-bond acceptors (Lipinski definition) is 3. The number of aryl methyl sites for hydroxylation is 1. The maximum absolute atomic E-state index is 12.0. The minimum Gasteiger partial charge on any atom is -0.399 e. The van der Waals surface area contributed by atoms with Crippen LogP contribution < -0.4 is 11.1 Å². The maximum atomic E-state index is 12.0. The molecule has 2 aromatic carbocycles. The van der Waals surface area contributed by atoms with Gasteiger partial charge in [-0.15, -0.1) is 0 Å². The van der Waals surface area contributed by atoms with Crippen LogP contribution in [0, 0.1) is 6.92 Å². The second kappa shape index (κ2) is 6.34. The van der Waals surface area contributed by atoms with Crippen LogP contribution in [0.2, 0.25) is 0 Å². The molecule has 0 spiro atoms. The summed E-state index contributed by atoms with van der Waals surface area (Å²) in [6.07, 6.45) is 0. The van der Waals surface area contributed by atoms with E-state index in [0.717, 1.165) is 5.56 Å². The van der Waals surface area contributed by atoms with Gasteiger partial charge in [0.15, 0.2) is 0 Å². The molecule has 1 atom stereocenters. The summed E-state index contributed by atoms with van der Waals surface area (Å²) in [6, 6.07) is 14.1. The fourth-order valence-corrected chi connectivity index (χ4v) is 2.57. The van der Waals surface area contributed by atoms with Crippen LogP contribution in [0.3, 0.4) is 0 Å². The zero-order valence-corrected chi connectivity index (χ0v) is 11.9. The molecule has 5 heteroatoms. The van der Waals surface area contributed by atoms with E-state index in [9.17, 15) is 9.00 Å². The van der Waals surface area contributed by atoms with Gasteiger partial charge in [0, 0.05) is 16.3 Å². The molecule has 0 aliphatic rings. The molecule has 4 nitrogen and oxygen atoms in total. The summed E-state index contributed by atoms with van der Waals surface area (Å²) in [5, 5.41) is 2.69. The Balaban J connectivity index is 1.95. The van der Waals surface area contributed by atoms with Gasteiger partial charge < -0.3 is 11.1 Å². The molecule has 0 radical (unpaired) electrons. The summed E-state index contributed by atoms with van der Waals surface area (Å²) in [4.78, 5) is 12.5. The molecule has 0 aromatic heterocycles. The number of rotatable bonds is 4. The Bertz CT molecular complexity index is 621. The average molecular weight is 288 g/mol. The Labute approximate surface area is 120 Å². The predicted octanol–water partition coefficient (Wildman–Crippen LogP) is 2.32. The van der Waals surface area contributed by atoms with E-state index in [2.05, 4.69) is 5.32 Å². The zero-order valence-electron chi connectivity index (χ0n) is 11.1. The first-order valence-electron chi connectivity index (χ1n) is 6.15. The van der Waals surface area contributed by atoms with Crippen LogP contribution >= 0.6 is 0 Å². The molecule has 2 aromatic rings. The molecular formula is C15H16N2O2S. The molecule has 0 heterocycles. The van der Waals surface area contributed by atoms with Gasteiger partial charge in [0.05, 0.1) is 10.8 Å². The molecule has 3 N–H and O–H groups in total. The van der Waals surface area contributed by atoms with E-state index < -0.39 is 10.8 Å². The van der Waals surface area contributed by atoms with E-state index in [0.29, 0.717) is 16.3 Å². The number of hydrogen-bond donors (Lipinski definition) is 2. The van der Waals surface area contributed by atoms with Gasteiger partial charge in [-0.1, -0.05) is 17.7 Å². The first-order chi connectivity index (χ1) is 9.54. The normalized spacial score (nSPS) is 11.8. The largest absolute Gasteiger partial charge is 0.399 e. The number of nitrogens with two attached hydrogens (primary N) is 1. The number of carbonyl (C=O) groups is 1. The predicted molar refractivity (Wildman–Crippen MR) is 81.9 cm³/mol. The summed E-state index contributed by atoms with van der Waals surface area (Å²) >= 11 is 0. The first kappa shape index (κ1) is 14.3. The van der Waals surface area contributed by atoms with Crippen molar-refractivity contribution >= 4 is 28.1 Å². The lowest BCUT2D eigenvalue weighted by atomic mass is 10.2. The SMILES string of the molecule is Cc1ccc(S(=O)CC(=O)Nc2ccc(N)cc2)cc1. The van der Waals surface area contributed by atoms with Crippen LogP contribution in [0.1, 0.15) is 5.56 Å². The number of amides is 1. The third kappa shape index (κ3) is 3.93. The second-order valence-corrected chi connectivity index (χ2v) is 5.92. The van der Waals surface area contributed by atoms with Crippen molar-refractivity contribution < 1.29 is 9.00 Å². The second-order valence-electron chi connectivity index (χ2n) is 4.47. The van der Waals surface area contributed by atoms with Crippen LogP contribution in [0.25, 0.3) is 0 Å². The summed E-state index contributed by atoms with van der Waals surface area (Å²) in [5.41, 5.74) is 7.93. The van der Waals surface area contributed by atoms with Crippen molar-refractivity contribution in [3.05, 3.63) is 54.1 Å². The molecule has 2 rings (SSSR count). The fourth-order valence-electron chi connectivity index (χ4n) is 1.66. The molecular weight excluding hydrogens is 272 g/mol. The molecule has 0 fully saturated rings. The highest BCUT2D eigenvalue weighted by molar-refractivity contribution is 7.85.